The van der Waals surface area contributed by atoms with E-state index in [2.05, 4.69) is 29.2 Å². The topological polar surface area (TPSA) is 55.8 Å². The molecule has 2 rings (SSSR count). The Morgan fingerprint density at radius 3 is 2.24 bits per heavy atom. The highest BCUT2D eigenvalue weighted by atomic mass is 16.3. The maximum absolute atomic E-state index is 12.4. The first-order valence-electron chi connectivity index (χ1n) is 8.25. The number of nitrogens with one attached hydrogen (secondary N) is 1. The minimum absolute atomic E-state index is 0.0652. The Hall–Kier alpha value is -0.650. The second kappa shape index (κ2) is 6.63. The fourth-order valence-corrected chi connectivity index (χ4v) is 3.62. The van der Waals surface area contributed by atoms with E-state index in [4.69, 9.17) is 0 Å². The molecule has 0 unspecified atom stereocenters. The van der Waals surface area contributed by atoms with Crippen molar-refractivity contribution in [3.05, 3.63) is 0 Å². The van der Waals surface area contributed by atoms with Gasteiger partial charge in [0.1, 0.15) is 5.60 Å². The molecule has 0 bridgehead atoms. The summed E-state index contributed by atoms with van der Waals surface area (Å²) in [5, 5.41) is 13.6. The first-order valence-corrected chi connectivity index (χ1v) is 8.25. The Morgan fingerprint density at radius 2 is 1.71 bits per heavy atom. The molecule has 1 saturated carbocycles. The minimum Gasteiger partial charge on any atom is -0.380 e. The lowest BCUT2D eigenvalue weighted by Crippen LogP contribution is -2.59. The van der Waals surface area contributed by atoms with Crippen LogP contribution in [0.4, 0.5) is 0 Å². The maximum atomic E-state index is 12.4. The minimum atomic E-state index is -1.17. The number of carbonyl (C=O) groups is 1. The van der Waals surface area contributed by atoms with E-state index in [0.717, 1.165) is 25.9 Å². The number of amides is 1. The van der Waals surface area contributed by atoms with Crippen molar-refractivity contribution in [2.24, 2.45) is 0 Å². The van der Waals surface area contributed by atoms with Crippen LogP contribution in [0.2, 0.25) is 0 Å². The predicted molar refractivity (Wildman–Crippen MR) is 84.2 cm³/mol. The van der Waals surface area contributed by atoms with Crippen molar-refractivity contribution < 1.29 is 9.90 Å². The van der Waals surface area contributed by atoms with Gasteiger partial charge < -0.3 is 20.2 Å². The summed E-state index contributed by atoms with van der Waals surface area (Å²) >= 11 is 0. The van der Waals surface area contributed by atoms with Crippen LogP contribution in [0.25, 0.3) is 0 Å². The number of carbonyl (C=O) groups excluding carboxylic acids is 1. The van der Waals surface area contributed by atoms with E-state index < -0.39 is 5.60 Å². The third kappa shape index (κ3) is 3.76. The molecule has 5 heteroatoms. The molecule has 0 atom stereocenters. The van der Waals surface area contributed by atoms with Crippen LogP contribution >= 0.6 is 0 Å². The van der Waals surface area contributed by atoms with E-state index in [-0.39, 0.29) is 11.4 Å². The fourth-order valence-electron chi connectivity index (χ4n) is 3.62. The summed E-state index contributed by atoms with van der Waals surface area (Å²) < 4.78 is 0. The van der Waals surface area contributed by atoms with Gasteiger partial charge in [-0.1, -0.05) is 19.3 Å². The number of hydrogen-bond donors (Lipinski definition) is 2. The van der Waals surface area contributed by atoms with Crippen LogP contribution in [0.15, 0.2) is 0 Å². The first-order chi connectivity index (χ1) is 9.88. The molecule has 0 aromatic carbocycles. The van der Waals surface area contributed by atoms with Crippen LogP contribution in [-0.4, -0.2) is 72.7 Å². The largest absolute Gasteiger partial charge is 0.380 e. The van der Waals surface area contributed by atoms with Crippen molar-refractivity contribution >= 4 is 5.91 Å². The van der Waals surface area contributed by atoms with Gasteiger partial charge in [0, 0.05) is 25.2 Å². The number of aliphatic hydroxyl groups is 1. The fraction of sp³-hybridized carbons (Fsp3) is 0.938. The van der Waals surface area contributed by atoms with Gasteiger partial charge in [0.15, 0.2) is 0 Å². The van der Waals surface area contributed by atoms with E-state index in [9.17, 15) is 9.90 Å². The molecular formula is C16H31N3O2. The molecule has 2 N–H and O–H groups in total. The second-order valence-corrected chi connectivity index (χ2v) is 7.20. The third-order valence-electron chi connectivity index (χ3n) is 5.55. The number of likely N-dealkylation sites (N-methyl/N-ethyl adjacent to an activating group) is 1. The lowest BCUT2D eigenvalue weighted by atomic mass is 9.80. The third-order valence-corrected chi connectivity index (χ3v) is 5.55. The summed E-state index contributed by atoms with van der Waals surface area (Å²) in [5.74, 6) is -0.178. The van der Waals surface area contributed by atoms with Crippen molar-refractivity contribution in [1.82, 2.24) is 15.1 Å². The Labute approximate surface area is 128 Å². The summed E-state index contributed by atoms with van der Waals surface area (Å²) in [5.41, 5.74) is -1.11. The molecule has 0 aromatic heterocycles. The Kier molecular flexibility index (Phi) is 5.28. The zero-order chi connectivity index (χ0) is 15.5. The molecule has 0 aromatic rings. The van der Waals surface area contributed by atoms with Gasteiger partial charge in [-0.25, -0.2) is 0 Å². The van der Waals surface area contributed by atoms with Gasteiger partial charge in [-0.15, -0.1) is 0 Å². The average molecular weight is 297 g/mol. The van der Waals surface area contributed by atoms with Crippen molar-refractivity contribution in [3.63, 3.8) is 0 Å². The normalized spacial score (nSPS) is 25.8. The van der Waals surface area contributed by atoms with Gasteiger partial charge in [0.2, 0.25) is 0 Å². The van der Waals surface area contributed by atoms with Crippen molar-refractivity contribution in [2.75, 3.05) is 40.8 Å². The molecule has 5 nitrogen and oxygen atoms in total. The second-order valence-electron chi connectivity index (χ2n) is 7.20. The number of hydrogen-bond acceptors (Lipinski definition) is 4. The summed E-state index contributed by atoms with van der Waals surface area (Å²) in [6.07, 6.45) is 7.06. The molecule has 122 valence electrons. The van der Waals surface area contributed by atoms with E-state index in [1.807, 2.05) is 7.05 Å². The molecule has 1 amide bonds. The van der Waals surface area contributed by atoms with E-state index in [1.54, 1.807) is 0 Å². The summed E-state index contributed by atoms with van der Waals surface area (Å²) in [6.45, 7) is 2.21. The summed E-state index contributed by atoms with van der Waals surface area (Å²) in [4.78, 5) is 16.8. The Morgan fingerprint density at radius 1 is 1.14 bits per heavy atom. The highest BCUT2D eigenvalue weighted by Gasteiger charge is 2.41. The lowest BCUT2D eigenvalue weighted by Gasteiger charge is -2.44. The highest BCUT2D eigenvalue weighted by molar-refractivity contribution is 5.85. The van der Waals surface area contributed by atoms with E-state index >= 15 is 0 Å². The van der Waals surface area contributed by atoms with Gasteiger partial charge in [0.05, 0.1) is 0 Å². The Balaban J connectivity index is 1.92. The quantitative estimate of drug-likeness (QED) is 0.807. The van der Waals surface area contributed by atoms with Crippen LogP contribution in [0, 0.1) is 0 Å². The molecule has 1 heterocycles. The zero-order valence-electron chi connectivity index (χ0n) is 13.8. The average Bonchev–Trinajstić information content (AvgIpc) is 2.49. The number of likely N-dealkylation sites (tertiary alicyclic amines) is 1. The van der Waals surface area contributed by atoms with Crippen LogP contribution in [0.1, 0.15) is 44.9 Å². The Bertz CT molecular complexity index is 357. The molecular weight excluding hydrogens is 266 g/mol. The highest BCUT2D eigenvalue weighted by Crippen LogP contribution is 2.32. The molecule has 1 aliphatic carbocycles. The summed E-state index contributed by atoms with van der Waals surface area (Å²) in [7, 11) is 6.23. The van der Waals surface area contributed by atoms with Crippen LogP contribution in [0.5, 0.6) is 0 Å². The molecule has 0 radical (unpaired) electrons. The van der Waals surface area contributed by atoms with Gasteiger partial charge >= 0.3 is 0 Å². The summed E-state index contributed by atoms with van der Waals surface area (Å²) in [6, 6.07) is 0. The van der Waals surface area contributed by atoms with Crippen LogP contribution in [-0.2, 0) is 4.79 Å². The molecule has 1 aliphatic heterocycles. The standard InChI is InChI=1S/C16H31N3O2/c1-18(2)15(7-5-4-6-8-15)13-17-14(20)16(21)9-11-19(3)12-10-16/h21H,4-13H2,1-3H3,(H,17,20). The van der Waals surface area contributed by atoms with Crippen molar-refractivity contribution in [1.29, 1.82) is 0 Å². The monoisotopic (exact) mass is 297 g/mol. The molecule has 2 aliphatic rings. The number of piperidine rings is 1. The number of rotatable bonds is 4. The zero-order valence-corrected chi connectivity index (χ0v) is 13.8. The first kappa shape index (κ1) is 16.7. The maximum Gasteiger partial charge on any atom is 0.252 e. The van der Waals surface area contributed by atoms with E-state index in [0.29, 0.717) is 19.4 Å². The van der Waals surface area contributed by atoms with Crippen molar-refractivity contribution in [2.45, 2.75) is 56.1 Å². The number of nitrogens with zero attached hydrogens (tertiary/aromatic N) is 2. The smallest absolute Gasteiger partial charge is 0.252 e. The molecule has 2 fully saturated rings. The van der Waals surface area contributed by atoms with Crippen molar-refractivity contribution in [3.8, 4) is 0 Å². The van der Waals surface area contributed by atoms with Gasteiger partial charge in [0.25, 0.3) is 5.91 Å². The SMILES string of the molecule is CN1CCC(O)(C(=O)NCC2(N(C)C)CCCCC2)CC1. The van der Waals surface area contributed by atoms with Gasteiger partial charge in [-0.2, -0.15) is 0 Å². The van der Waals surface area contributed by atoms with Crippen LogP contribution < -0.4 is 5.32 Å². The predicted octanol–water partition coefficient (Wildman–Crippen LogP) is 0.824. The molecule has 1 saturated heterocycles. The van der Waals surface area contributed by atoms with Gasteiger partial charge in [-0.05, 0) is 46.8 Å². The molecule has 21 heavy (non-hydrogen) atoms. The van der Waals surface area contributed by atoms with Gasteiger partial charge in [-0.3, -0.25) is 4.79 Å². The molecule has 0 spiro atoms. The van der Waals surface area contributed by atoms with E-state index in [1.165, 1.54) is 19.3 Å². The van der Waals surface area contributed by atoms with Crippen LogP contribution in [0.3, 0.4) is 0 Å². The lowest BCUT2D eigenvalue weighted by molar-refractivity contribution is -0.145.